The molecule has 8 nitrogen and oxygen atoms in total. The molecule has 1 aromatic heterocycles. The molecule has 37 heavy (non-hydrogen) atoms. The lowest BCUT2D eigenvalue weighted by Crippen LogP contribution is -2.41. The van der Waals surface area contributed by atoms with Crippen LogP contribution in [-0.4, -0.2) is 76.5 Å². The van der Waals surface area contributed by atoms with Gasteiger partial charge in [0, 0.05) is 25.6 Å². The van der Waals surface area contributed by atoms with Crippen molar-refractivity contribution in [3.63, 3.8) is 0 Å². The number of nitrogens with one attached hydrogen (secondary N) is 1. The quantitative estimate of drug-likeness (QED) is 0.537. The average molecular weight is 510 g/mol. The van der Waals surface area contributed by atoms with Crippen LogP contribution >= 0.6 is 0 Å². The summed E-state index contributed by atoms with van der Waals surface area (Å²) >= 11 is 0. The Morgan fingerprint density at radius 2 is 1.70 bits per heavy atom. The van der Waals surface area contributed by atoms with Gasteiger partial charge in [-0.2, -0.15) is 5.10 Å². The zero-order valence-corrected chi connectivity index (χ0v) is 23.0. The molecule has 2 aliphatic rings. The van der Waals surface area contributed by atoms with Crippen LogP contribution in [0.1, 0.15) is 86.8 Å². The Morgan fingerprint density at radius 3 is 2.35 bits per heavy atom. The van der Waals surface area contributed by atoms with Gasteiger partial charge in [0.1, 0.15) is 5.60 Å². The van der Waals surface area contributed by atoms with E-state index in [9.17, 15) is 9.59 Å². The minimum Gasteiger partial charge on any atom is -0.444 e. The van der Waals surface area contributed by atoms with Crippen molar-refractivity contribution in [1.29, 1.82) is 0 Å². The standard InChI is InChI=1S/C29H43N5O3/c1-22-9-11-24(12-10-22)34-26(23-13-19-33(20-14-23)28(36)37-29(2,3)4)25(21-31-34)27(35)30-15-8-18-32-16-6-5-7-17-32/h9-12,21,23H,5-8,13-20H2,1-4H3,(H,30,35). The van der Waals surface area contributed by atoms with Crippen LogP contribution in [0.25, 0.3) is 5.69 Å². The molecule has 0 radical (unpaired) electrons. The maximum atomic E-state index is 13.3. The van der Waals surface area contributed by atoms with Crippen molar-refractivity contribution in [2.75, 3.05) is 39.3 Å². The van der Waals surface area contributed by atoms with Gasteiger partial charge in [0.05, 0.1) is 23.1 Å². The van der Waals surface area contributed by atoms with Crippen LogP contribution in [-0.2, 0) is 4.74 Å². The molecule has 0 unspecified atom stereocenters. The van der Waals surface area contributed by atoms with E-state index < -0.39 is 5.60 Å². The van der Waals surface area contributed by atoms with Crippen molar-refractivity contribution in [2.45, 2.75) is 77.7 Å². The number of piperidine rings is 2. The Bertz CT molecular complexity index is 1040. The van der Waals surface area contributed by atoms with Gasteiger partial charge in [-0.15, -0.1) is 0 Å². The summed E-state index contributed by atoms with van der Waals surface area (Å²) in [5.41, 5.74) is 3.17. The molecule has 0 spiro atoms. The van der Waals surface area contributed by atoms with E-state index >= 15 is 0 Å². The molecule has 1 N–H and O–H groups in total. The minimum atomic E-state index is -0.517. The fourth-order valence-electron chi connectivity index (χ4n) is 5.26. The molecule has 0 saturated carbocycles. The van der Waals surface area contributed by atoms with Gasteiger partial charge >= 0.3 is 6.09 Å². The fourth-order valence-corrected chi connectivity index (χ4v) is 5.26. The minimum absolute atomic E-state index is 0.0680. The zero-order chi connectivity index (χ0) is 26.4. The molecule has 0 aliphatic carbocycles. The van der Waals surface area contributed by atoms with Gasteiger partial charge in [0.25, 0.3) is 5.91 Å². The van der Waals surface area contributed by atoms with Gasteiger partial charge in [-0.3, -0.25) is 4.79 Å². The smallest absolute Gasteiger partial charge is 0.410 e. The lowest BCUT2D eigenvalue weighted by atomic mass is 9.90. The molecule has 3 heterocycles. The summed E-state index contributed by atoms with van der Waals surface area (Å²) in [5.74, 6) is 0.0539. The third-order valence-corrected chi connectivity index (χ3v) is 7.25. The average Bonchev–Trinajstić information content (AvgIpc) is 3.32. The molecule has 2 aliphatic heterocycles. The Balaban J connectivity index is 1.45. The molecule has 2 amide bonds. The van der Waals surface area contributed by atoms with Crippen molar-refractivity contribution in [3.05, 3.63) is 47.3 Å². The molecule has 1 aromatic carbocycles. The topological polar surface area (TPSA) is 79.7 Å². The van der Waals surface area contributed by atoms with E-state index in [1.807, 2.05) is 37.6 Å². The number of carbonyl (C=O) groups is 2. The van der Waals surface area contributed by atoms with E-state index in [2.05, 4.69) is 34.4 Å². The molecule has 2 saturated heterocycles. The monoisotopic (exact) mass is 509 g/mol. The van der Waals surface area contributed by atoms with E-state index in [0.717, 1.165) is 37.2 Å². The molecule has 0 atom stereocenters. The highest BCUT2D eigenvalue weighted by atomic mass is 16.6. The van der Waals surface area contributed by atoms with E-state index in [1.165, 1.54) is 37.9 Å². The predicted octanol–water partition coefficient (Wildman–Crippen LogP) is 4.90. The Kier molecular flexibility index (Phi) is 8.90. The highest BCUT2D eigenvalue weighted by Crippen LogP contribution is 2.33. The first-order valence-electron chi connectivity index (χ1n) is 13.8. The van der Waals surface area contributed by atoms with Gasteiger partial charge in [-0.1, -0.05) is 24.1 Å². The number of nitrogens with zero attached hydrogens (tertiary/aromatic N) is 4. The van der Waals surface area contributed by atoms with Crippen LogP contribution < -0.4 is 5.32 Å². The number of likely N-dealkylation sites (tertiary alicyclic amines) is 2. The highest BCUT2D eigenvalue weighted by molar-refractivity contribution is 5.95. The Labute approximate surface area is 221 Å². The van der Waals surface area contributed by atoms with Gasteiger partial charge in [0.15, 0.2) is 0 Å². The number of benzene rings is 1. The second-order valence-corrected chi connectivity index (χ2v) is 11.4. The van der Waals surface area contributed by atoms with Crippen LogP contribution in [0.15, 0.2) is 30.5 Å². The SMILES string of the molecule is Cc1ccc(-n2ncc(C(=O)NCCCN3CCCCC3)c2C2CCN(C(=O)OC(C)(C)C)CC2)cc1. The van der Waals surface area contributed by atoms with Crippen LogP contribution in [0.2, 0.25) is 0 Å². The van der Waals surface area contributed by atoms with Crippen molar-refractivity contribution < 1.29 is 14.3 Å². The van der Waals surface area contributed by atoms with Gasteiger partial charge in [0.2, 0.25) is 0 Å². The van der Waals surface area contributed by atoms with E-state index in [4.69, 9.17) is 4.74 Å². The summed E-state index contributed by atoms with van der Waals surface area (Å²) in [6.45, 7) is 12.9. The largest absolute Gasteiger partial charge is 0.444 e. The van der Waals surface area contributed by atoms with Crippen LogP contribution in [0.3, 0.4) is 0 Å². The van der Waals surface area contributed by atoms with Crippen LogP contribution in [0, 0.1) is 6.92 Å². The molecule has 0 bridgehead atoms. The van der Waals surface area contributed by atoms with Gasteiger partial charge in [-0.25, -0.2) is 9.48 Å². The van der Waals surface area contributed by atoms with Crippen molar-refractivity contribution in [3.8, 4) is 5.69 Å². The molecular formula is C29H43N5O3. The number of rotatable bonds is 7. The fraction of sp³-hybridized carbons (Fsp3) is 0.621. The molecule has 2 aromatic rings. The maximum absolute atomic E-state index is 13.3. The van der Waals surface area contributed by atoms with E-state index in [1.54, 1.807) is 11.1 Å². The summed E-state index contributed by atoms with van der Waals surface area (Å²) < 4.78 is 7.48. The lowest BCUT2D eigenvalue weighted by Gasteiger charge is -2.34. The third-order valence-electron chi connectivity index (χ3n) is 7.25. The molecule has 8 heteroatoms. The van der Waals surface area contributed by atoms with Crippen LogP contribution in [0.5, 0.6) is 0 Å². The van der Waals surface area contributed by atoms with Crippen molar-refractivity contribution >= 4 is 12.0 Å². The molecule has 4 rings (SSSR count). The summed E-state index contributed by atoms with van der Waals surface area (Å²) in [4.78, 5) is 30.2. The number of ether oxygens (including phenoxy) is 1. The molecule has 202 valence electrons. The van der Waals surface area contributed by atoms with Gasteiger partial charge in [-0.05, 0) is 91.6 Å². The number of hydrogen-bond donors (Lipinski definition) is 1. The molecular weight excluding hydrogens is 466 g/mol. The summed E-state index contributed by atoms with van der Waals surface area (Å²) in [7, 11) is 0. The Hall–Kier alpha value is -2.87. The first-order valence-corrected chi connectivity index (χ1v) is 13.8. The normalized spacial score (nSPS) is 17.6. The maximum Gasteiger partial charge on any atom is 0.410 e. The summed E-state index contributed by atoms with van der Waals surface area (Å²) in [6.07, 6.45) is 7.78. The number of amides is 2. The van der Waals surface area contributed by atoms with Crippen molar-refractivity contribution in [2.24, 2.45) is 0 Å². The lowest BCUT2D eigenvalue weighted by molar-refractivity contribution is 0.0203. The van der Waals surface area contributed by atoms with E-state index in [-0.39, 0.29) is 17.9 Å². The summed E-state index contributed by atoms with van der Waals surface area (Å²) in [6, 6.07) is 8.21. The zero-order valence-electron chi connectivity index (χ0n) is 23.0. The number of carbonyl (C=O) groups excluding carboxylic acids is 2. The number of aryl methyl sites for hydroxylation is 1. The second-order valence-electron chi connectivity index (χ2n) is 11.4. The van der Waals surface area contributed by atoms with Crippen molar-refractivity contribution in [1.82, 2.24) is 24.9 Å². The van der Waals surface area contributed by atoms with Crippen LogP contribution in [0.4, 0.5) is 4.79 Å². The number of hydrogen-bond acceptors (Lipinski definition) is 5. The second kappa shape index (κ2) is 12.1. The summed E-state index contributed by atoms with van der Waals surface area (Å²) in [5, 5.41) is 7.80. The first kappa shape index (κ1) is 27.2. The van der Waals surface area contributed by atoms with E-state index in [0.29, 0.717) is 25.2 Å². The van der Waals surface area contributed by atoms with Gasteiger partial charge < -0.3 is 19.9 Å². The molecule has 2 fully saturated rings. The predicted molar refractivity (Wildman–Crippen MR) is 145 cm³/mol. The third kappa shape index (κ3) is 7.34. The first-order chi connectivity index (χ1) is 17.7. The highest BCUT2D eigenvalue weighted by Gasteiger charge is 2.32. The Morgan fingerprint density at radius 1 is 1.03 bits per heavy atom. The number of aromatic nitrogens is 2.